The minimum atomic E-state index is -3.65. The molecule has 1 aliphatic heterocycles. The summed E-state index contributed by atoms with van der Waals surface area (Å²) >= 11 is 5.91. The number of sulfonamides is 1. The number of halogens is 1. The first-order valence-corrected chi connectivity index (χ1v) is 12.8. The van der Waals surface area contributed by atoms with E-state index >= 15 is 0 Å². The number of carbonyl (C=O) groups is 1. The Morgan fingerprint density at radius 3 is 2.19 bits per heavy atom. The first kappa shape index (κ1) is 23.6. The van der Waals surface area contributed by atoms with Gasteiger partial charge in [0.15, 0.2) is 0 Å². The molecule has 1 fully saturated rings. The molecule has 31 heavy (non-hydrogen) atoms. The lowest BCUT2D eigenvalue weighted by molar-refractivity contribution is -0.122. The van der Waals surface area contributed by atoms with Crippen LogP contribution in [-0.4, -0.2) is 44.6 Å². The number of nitrogens with one attached hydrogen (secondary N) is 1. The van der Waals surface area contributed by atoms with Crippen molar-refractivity contribution in [2.24, 2.45) is 0 Å². The van der Waals surface area contributed by atoms with E-state index in [1.807, 2.05) is 12.1 Å². The highest BCUT2D eigenvalue weighted by Crippen LogP contribution is 2.23. The number of likely N-dealkylation sites (tertiary alicyclic amines) is 1. The van der Waals surface area contributed by atoms with Crippen LogP contribution < -0.4 is 9.62 Å². The molecular formula is C23H30ClN3O3S. The molecule has 1 saturated heterocycles. The van der Waals surface area contributed by atoms with Crippen LogP contribution in [0.3, 0.4) is 0 Å². The number of amides is 1. The van der Waals surface area contributed by atoms with Gasteiger partial charge in [-0.2, -0.15) is 0 Å². The molecule has 0 aromatic heterocycles. The van der Waals surface area contributed by atoms with Gasteiger partial charge in [-0.1, -0.05) is 42.3 Å². The number of rotatable bonds is 8. The van der Waals surface area contributed by atoms with Crippen LogP contribution in [0.5, 0.6) is 0 Å². The maximum atomic E-state index is 12.7. The number of hydrogen-bond acceptors (Lipinski definition) is 4. The predicted molar refractivity (Wildman–Crippen MR) is 126 cm³/mol. The van der Waals surface area contributed by atoms with Crippen molar-refractivity contribution >= 4 is 33.2 Å². The van der Waals surface area contributed by atoms with E-state index in [2.05, 4.69) is 22.3 Å². The molecule has 3 rings (SSSR count). The SMILES string of the molecule is C[C@@H](C(=O)NCc1ccc(CN2CCCCC2)cc1)N(c1ccc(Cl)cc1)S(C)(=O)=O. The summed E-state index contributed by atoms with van der Waals surface area (Å²) < 4.78 is 25.8. The summed E-state index contributed by atoms with van der Waals surface area (Å²) in [5.41, 5.74) is 2.63. The molecular weight excluding hydrogens is 434 g/mol. The lowest BCUT2D eigenvalue weighted by Crippen LogP contribution is -2.47. The molecule has 8 heteroatoms. The highest BCUT2D eigenvalue weighted by atomic mass is 35.5. The Bertz CT molecular complexity index is 972. The van der Waals surface area contributed by atoms with Gasteiger partial charge >= 0.3 is 0 Å². The minimum absolute atomic E-state index is 0.339. The van der Waals surface area contributed by atoms with Gasteiger partial charge in [-0.15, -0.1) is 0 Å². The fourth-order valence-electron chi connectivity index (χ4n) is 3.87. The topological polar surface area (TPSA) is 69.7 Å². The summed E-state index contributed by atoms with van der Waals surface area (Å²) in [6.07, 6.45) is 4.94. The summed E-state index contributed by atoms with van der Waals surface area (Å²) in [5, 5.41) is 3.35. The smallest absolute Gasteiger partial charge is 0.243 e. The van der Waals surface area contributed by atoms with Gasteiger partial charge < -0.3 is 5.32 Å². The Morgan fingerprint density at radius 2 is 1.61 bits per heavy atom. The van der Waals surface area contributed by atoms with Crippen molar-refractivity contribution in [1.82, 2.24) is 10.2 Å². The zero-order valence-electron chi connectivity index (χ0n) is 18.1. The number of piperidine rings is 1. The summed E-state index contributed by atoms with van der Waals surface area (Å²) in [5.74, 6) is -0.363. The number of benzene rings is 2. The molecule has 0 saturated carbocycles. The van der Waals surface area contributed by atoms with Crippen molar-refractivity contribution < 1.29 is 13.2 Å². The molecule has 0 spiro atoms. The third-order valence-corrected chi connectivity index (χ3v) is 7.01. The fourth-order valence-corrected chi connectivity index (χ4v) is 5.17. The van der Waals surface area contributed by atoms with Crippen molar-refractivity contribution in [2.45, 2.75) is 45.3 Å². The second kappa shape index (κ2) is 10.5. The average Bonchev–Trinajstić information content (AvgIpc) is 2.74. The van der Waals surface area contributed by atoms with Crippen LogP contribution in [0.1, 0.15) is 37.3 Å². The maximum absolute atomic E-state index is 12.7. The van der Waals surface area contributed by atoms with Crippen molar-refractivity contribution in [3.05, 3.63) is 64.7 Å². The van der Waals surface area contributed by atoms with Crippen molar-refractivity contribution in [3.63, 3.8) is 0 Å². The number of carbonyl (C=O) groups excluding carboxylic acids is 1. The molecule has 0 unspecified atom stereocenters. The molecule has 1 atom stereocenters. The normalized spacial score (nSPS) is 16.0. The van der Waals surface area contributed by atoms with E-state index in [9.17, 15) is 13.2 Å². The van der Waals surface area contributed by atoms with Crippen molar-refractivity contribution in [3.8, 4) is 0 Å². The van der Waals surface area contributed by atoms with Crippen LogP contribution >= 0.6 is 11.6 Å². The fraction of sp³-hybridized carbons (Fsp3) is 0.435. The van der Waals surface area contributed by atoms with E-state index in [1.165, 1.54) is 24.8 Å². The van der Waals surface area contributed by atoms with Gasteiger partial charge in [-0.25, -0.2) is 8.42 Å². The van der Waals surface area contributed by atoms with Crippen molar-refractivity contribution in [1.29, 1.82) is 0 Å². The zero-order chi connectivity index (χ0) is 22.4. The largest absolute Gasteiger partial charge is 0.350 e. The minimum Gasteiger partial charge on any atom is -0.350 e. The Morgan fingerprint density at radius 1 is 1.03 bits per heavy atom. The van der Waals surface area contributed by atoms with Crippen LogP contribution in [0.15, 0.2) is 48.5 Å². The summed E-state index contributed by atoms with van der Waals surface area (Å²) in [7, 11) is -3.65. The Kier molecular flexibility index (Phi) is 7.97. The van der Waals surface area contributed by atoms with E-state index in [1.54, 1.807) is 31.2 Å². The van der Waals surface area contributed by atoms with Crippen LogP contribution in [0, 0.1) is 0 Å². The average molecular weight is 464 g/mol. The number of hydrogen-bond donors (Lipinski definition) is 1. The Labute approximate surface area is 190 Å². The molecule has 0 bridgehead atoms. The van der Waals surface area contributed by atoms with E-state index in [0.717, 1.165) is 35.8 Å². The third kappa shape index (κ3) is 6.69. The lowest BCUT2D eigenvalue weighted by atomic mass is 10.1. The van der Waals surface area contributed by atoms with E-state index in [0.29, 0.717) is 17.3 Å². The van der Waals surface area contributed by atoms with Crippen LogP contribution in [0.25, 0.3) is 0 Å². The van der Waals surface area contributed by atoms with Crippen molar-refractivity contribution in [2.75, 3.05) is 23.7 Å². The Hall–Kier alpha value is -2.09. The summed E-state index contributed by atoms with van der Waals surface area (Å²) in [6, 6.07) is 13.7. The van der Waals surface area contributed by atoms with Gasteiger partial charge in [-0.3, -0.25) is 14.0 Å². The molecule has 6 nitrogen and oxygen atoms in total. The second-order valence-electron chi connectivity index (χ2n) is 8.08. The second-order valence-corrected chi connectivity index (χ2v) is 10.4. The first-order chi connectivity index (χ1) is 14.7. The van der Waals surface area contributed by atoms with Gasteiger partial charge in [0.2, 0.25) is 15.9 Å². The lowest BCUT2D eigenvalue weighted by Gasteiger charge is -2.28. The van der Waals surface area contributed by atoms with Crippen LogP contribution in [0.2, 0.25) is 5.02 Å². The molecule has 0 aliphatic carbocycles. The number of anilines is 1. The highest BCUT2D eigenvalue weighted by Gasteiger charge is 2.28. The standard InChI is InChI=1S/C23H30ClN3O3S/c1-18(27(31(2,29)30)22-12-10-21(24)11-13-22)23(28)25-16-19-6-8-20(9-7-19)17-26-14-4-3-5-15-26/h6-13,18H,3-5,14-17H2,1-2H3,(H,25,28)/t18-/m0/s1. The molecule has 1 aliphatic rings. The molecule has 1 amide bonds. The predicted octanol–water partition coefficient (Wildman–Crippen LogP) is 3.80. The van der Waals surface area contributed by atoms with E-state index in [4.69, 9.17) is 11.6 Å². The Balaban J connectivity index is 1.60. The third-order valence-electron chi connectivity index (χ3n) is 5.51. The van der Waals surface area contributed by atoms with E-state index in [-0.39, 0.29) is 5.91 Å². The van der Waals surface area contributed by atoms with E-state index < -0.39 is 16.1 Å². The van der Waals surface area contributed by atoms with Crippen LogP contribution in [-0.2, 0) is 27.9 Å². The van der Waals surface area contributed by atoms with Gasteiger partial charge in [0, 0.05) is 18.1 Å². The zero-order valence-corrected chi connectivity index (χ0v) is 19.6. The quantitative estimate of drug-likeness (QED) is 0.646. The van der Waals surface area contributed by atoms with Gasteiger partial charge in [-0.05, 0) is 68.2 Å². The molecule has 1 N–H and O–H groups in total. The molecule has 2 aromatic rings. The summed E-state index contributed by atoms with van der Waals surface area (Å²) in [6.45, 7) is 5.17. The number of nitrogens with zero attached hydrogens (tertiary/aromatic N) is 2. The van der Waals surface area contributed by atoms with Gasteiger partial charge in [0.25, 0.3) is 0 Å². The maximum Gasteiger partial charge on any atom is 0.243 e. The van der Waals surface area contributed by atoms with Gasteiger partial charge in [0.05, 0.1) is 11.9 Å². The molecule has 0 radical (unpaired) electrons. The molecule has 168 valence electrons. The molecule has 2 aromatic carbocycles. The summed E-state index contributed by atoms with van der Waals surface area (Å²) in [4.78, 5) is 15.2. The van der Waals surface area contributed by atoms with Gasteiger partial charge in [0.1, 0.15) is 6.04 Å². The first-order valence-electron chi connectivity index (χ1n) is 10.6. The van der Waals surface area contributed by atoms with Crippen LogP contribution in [0.4, 0.5) is 5.69 Å². The monoisotopic (exact) mass is 463 g/mol. The molecule has 1 heterocycles. The highest BCUT2D eigenvalue weighted by molar-refractivity contribution is 7.92.